The molecule has 0 saturated heterocycles. The van der Waals surface area contributed by atoms with Crippen molar-refractivity contribution in [2.24, 2.45) is 0 Å². The summed E-state index contributed by atoms with van der Waals surface area (Å²) in [4.78, 5) is 0. The first-order valence-electron chi connectivity index (χ1n) is 7.32. The minimum Gasteiger partial charge on any atom is -0.320 e. The summed E-state index contributed by atoms with van der Waals surface area (Å²) in [6.07, 6.45) is 2.27. The van der Waals surface area contributed by atoms with Crippen LogP contribution >= 0.6 is 0 Å². The van der Waals surface area contributed by atoms with E-state index in [9.17, 15) is 0 Å². The number of nitrogens with one attached hydrogen (secondary N) is 1. The summed E-state index contributed by atoms with van der Waals surface area (Å²) in [6.45, 7) is 5.41. The van der Waals surface area contributed by atoms with Crippen molar-refractivity contribution in [2.45, 2.75) is 18.8 Å². The Labute approximate surface area is 121 Å². The Morgan fingerprint density at radius 3 is 2.55 bits per heavy atom. The van der Waals surface area contributed by atoms with Gasteiger partial charge in [-0.3, -0.25) is 0 Å². The fourth-order valence-corrected chi connectivity index (χ4v) is 3.22. The Kier molecular flexibility index (Phi) is 3.70. The molecule has 1 aliphatic rings. The van der Waals surface area contributed by atoms with Gasteiger partial charge in [-0.2, -0.15) is 0 Å². The molecule has 1 unspecified atom stereocenters. The summed E-state index contributed by atoms with van der Waals surface area (Å²) >= 11 is 0. The largest absolute Gasteiger partial charge is 0.320 e. The zero-order valence-corrected chi connectivity index (χ0v) is 12.0. The average molecular weight is 263 g/mol. The minimum absolute atomic E-state index is 0.569. The molecule has 0 spiro atoms. The molecule has 0 bridgehead atoms. The number of hydrogen-bond acceptors (Lipinski definition) is 1. The molecule has 1 N–H and O–H groups in total. The van der Waals surface area contributed by atoms with Crippen molar-refractivity contribution >= 4 is 5.57 Å². The van der Waals surface area contributed by atoms with E-state index in [2.05, 4.69) is 60.4 Å². The van der Waals surface area contributed by atoms with Crippen LogP contribution in [0.3, 0.4) is 0 Å². The highest BCUT2D eigenvalue weighted by Crippen LogP contribution is 2.38. The van der Waals surface area contributed by atoms with Crippen LogP contribution in [-0.2, 0) is 6.42 Å². The second-order valence-corrected chi connectivity index (χ2v) is 5.52. The summed E-state index contributed by atoms with van der Waals surface area (Å²) in [5.74, 6) is 0.569. The molecule has 2 aromatic rings. The van der Waals surface area contributed by atoms with Crippen molar-refractivity contribution in [3.63, 3.8) is 0 Å². The summed E-state index contributed by atoms with van der Waals surface area (Å²) in [5.41, 5.74) is 6.67. The van der Waals surface area contributed by atoms with E-state index in [1.807, 2.05) is 7.05 Å². The second kappa shape index (κ2) is 5.64. The summed E-state index contributed by atoms with van der Waals surface area (Å²) in [7, 11) is 2.02. The van der Waals surface area contributed by atoms with Crippen molar-refractivity contribution in [1.82, 2.24) is 5.32 Å². The topological polar surface area (TPSA) is 12.0 Å². The molecule has 0 heterocycles. The quantitative estimate of drug-likeness (QED) is 0.882. The van der Waals surface area contributed by atoms with Gasteiger partial charge < -0.3 is 5.32 Å². The van der Waals surface area contributed by atoms with Gasteiger partial charge in [0.2, 0.25) is 0 Å². The van der Waals surface area contributed by atoms with Gasteiger partial charge in [0, 0.05) is 0 Å². The molecule has 1 aliphatic carbocycles. The highest BCUT2D eigenvalue weighted by Gasteiger charge is 2.23. The van der Waals surface area contributed by atoms with E-state index in [0.717, 1.165) is 19.4 Å². The Bertz CT molecular complexity index is 627. The molecular formula is C19H21N. The first-order chi connectivity index (χ1) is 9.81. The number of benzene rings is 2. The predicted octanol–water partition coefficient (Wildman–Crippen LogP) is 4.00. The number of rotatable bonds is 3. The van der Waals surface area contributed by atoms with E-state index in [-0.39, 0.29) is 0 Å². The number of hydrogen-bond donors (Lipinski definition) is 1. The van der Waals surface area contributed by atoms with E-state index in [1.165, 1.54) is 27.8 Å². The van der Waals surface area contributed by atoms with Crippen LogP contribution in [0, 0.1) is 0 Å². The van der Waals surface area contributed by atoms with E-state index in [4.69, 9.17) is 0 Å². The van der Waals surface area contributed by atoms with Crippen molar-refractivity contribution < 1.29 is 0 Å². The molecule has 1 heteroatoms. The zero-order valence-electron chi connectivity index (χ0n) is 12.0. The highest BCUT2D eigenvalue weighted by molar-refractivity contribution is 5.82. The normalized spacial score (nSPS) is 17.2. The van der Waals surface area contributed by atoms with Gasteiger partial charge >= 0.3 is 0 Å². The lowest BCUT2D eigenvalue weighted by Crippen LogP contribution is -2.14. The van der Waals surface area contributed by atoms with Crippen molar-refractivity contribution in [3.8, 4) is 0 Å². The first-order valence-corrected chi connectivity index (χ1v) is 7.32. The molecule has 1 nitrogen and oxygen atoms in total. The first kappa shape index (κ1) is 13.1. The summed E-state index contributed by atoms with van der Waals surface area (Å²) < 4.78 is 0. The van der Waals surface area contributed by atoms with Crippen LogP contribution in [0.5, 0.6) is 0 Å². The Balaban J connectivity index is 2.11. The van der Waals surface area contributed by atoms with E-state index >= 15 is 0 Å². The molecule has 2 aromatic carbocycles. The fourth-order valence-electron chi connectivity index (χ4n) is 3.22. The molecule has 0 radical (unpaired) electrons. The maximum absolute atomic E-state index is 4.36. The van der Waals surface area contributed by atoms with Crippen LogP contribution in [0.25, 0.3) is 5.57 Å². The molecule has 0 aliphatic heterocycles. The van der Waals surface area contributed by atoms with E-state index < -0.39 is 0 Å². The lowest BCUT2D eigenvalue weighted by Gasteiger charge is -2.17. The second-order valence-electron chi connectivity index (χ2n) is 5.52. The van der Waals surface area contributed by atoms with Gasteiger partial charge in [-0.25, -0.2) is 0 Å². The monoisotopic (exact) mass is 263 g/mol. The van der Waals surface area contributed by atoms with Gasteiger partial charge in [0.25, 0.3) is 0 Å². The van der Waals surface area contributed by atoms with Crippen molar-refractivity contribution in [2.75, 3.05) is 13.6 Å². The third-order valence-electron chi connectivity index (χ3n) is 4.28. The molecular weight excluding hydrogens is 242 g/mol. The van der Waals surface area contributed by atoms with Gasteiger partial charge in [-0.05, 0) is 60.2 Å². The zero-order chi connectivity index (χ0) is 13.9. The SMILES string of the molecule is C=C1c2ccccc2CC(CCNC)c2ccccc21. The van der Waals surface area contributed by atoms with Crippen LogP contribution < -0.4 is 5.32 Å². The smallest absolute Gasteiger partial charge is 0.00460 e. The Morgan fingerprint density at radius 1 is 1.05 bits per heavy atom. The third-order valence-corrected chi connectivity index (χ3v) is 4.28. The molecule has 1 atom stereocenters. The third kappa shape index (κ3) is 2.30. The minimum atomic E-state index is 0.569. The summed E-state index contributed by atoms with van der Waals surface area (Å²) in [6, 6.07) is 17.5. The number of fused-ring (bicyclic) bond motifs is 2. The fraction of sp³-hybridized carbons (Fsp3) is 0.263. The Hall–Kier alpha value is -1.86. The molecule has 20 heavy (non-hydrogen) atoms. The molecule has 0 amide bonds. The molecule has 0 fully saturated rings. The van der Waals surface area contributed by atoms with Gasteiger partial charge in [0.1, 0.15) is 0 Å². The van der Waals surface area contributed by atoms with Crippen molar-refractivity contribution in [1.29, 1.82) is 0 Å². The van der Waals surface area contributed by atoms with Gasteiger partial charge in [0.15, 0.2) is 0 Å². The van der Waals surface area contributed by atoms with Crippen LogP contribution in [-0.4, -0.2) is 13.6 Å². The van der Waals surface area contributed by atoms with E-state index in [1.54, 1.807) is 0 Å². The predicted molar refractivity (Wildman–Crippen MR) is 86.0 cm³/mol. The van der Waals surface area contributed by atoms with Crippen LogP contribution in [0.4, 0.5) is 0 Å². The van der Waals surface area contributed by atoms with Crippen LogP contribution in [0.1, 0.15) is 34.6 Å². The molecule has 0 aromatic heterocycles. The standard InChI is InChI=1S/C19H21N/c1-14-17-8-4-3-7-15(17)13-16(11-12-20-2)19-10-6-5-9-18(14)19/h3-10,16,20H,1,11-13H2,2H3. The van der Waals surface area contributed by atoms with Gasteiger partial charge in [0.05, 0.1) is 0 Å². The maximum Gasteiger partial charge on any atom is -0.00460 e. The van der Waals surface area contributed by atoms with Gasteiger partial charge in [-0.1, -0.05) is 55.1 Å². The highest BCUT2D eigenvalue weighted by atomic mass is 14.8. The van der Waals surface area contributed by atoms with Crippen LogP contribution in [0.2, 0.25) is 0 Å². The Morgan fingerprint density at radius 2 is 1.75 bits per heavy atom. The lowest BCUT2D eigenvalue weighted by atomic mass is 9.88. The van der Waals surface area contributed by atoms with Crippen LogP contribution in [0.15, 0.2) is 55.1 Å². The summed E-state index contributed by atoms with van der Waals surface area (Å²) in [5, 5.41) is 3.28. The molecule has 0 saturated carbocycles. The molecule has 102 valence electrons. The van der Waals surface area contributed by atoms with E-state index in [0.29, 0.717) is 5.92 Å². The maximum atomic E-state index is 4.36. The average Bonchev–Trinajstić information content (AvgIpc) is 2.62. The van der Waals surface area contributed by atoms with Crippen molar-refractivity contribution in [3.05, 3.63) is 77.4 Å². The molecule has 3 rings (SSSR count). The lowest BCUT2D eigenvalue weighted by molar-refractivity contribution is 0.594. The van der Waals surface area contributed by atoms with Gasteiger partial charge in [-0.15, -0.1) is 0 Å².